The molecular weight excluding hydrogens is 296 g/mol. The maximum Gasteiger partial charge on any atom is 0.254 e. The van der Waals surface area contributed by atoms with Gasteiger partial charge in [0, 0.05) is 44.0 Å². The zero-order valence-corrected chi connectivity index (χ0v) is 14.1. The van der Waals surface area contributed by atoms with Gasteiger partial charge in [0.25, 0.3) is 5.56 Å². The molecule has 2 N–H and O–H groups in total. The van der Waals surface area contributed by atoms with Crippen molar-refractivity contribution in [3.8, 4) is 0 Å². The van der Waals surface area contributed by atoms with Crippen LogP contribution in [0.2, 0.25) is 0 Å². The Morgan fingerprint density at radius 1 is 1.30 bits per heavy atom. The highest BCUT2D eigenvalue weighted by atomic mass is 16.3. The number of aryl methyl sites for hydroxylation is 2. The number of piperazine rings is 1. The molecule has 7 heteroatoms. The summed E-state index contributed by atoms with van der Waals surface area (Å²) in [6, 6.07) is 0. The number of hydrogen-bond donors (Lipinski definition) is 2. The predicted octanol–water partition coefficient (Wildman–Crippen LogP) is -0.156. The molecule has 1 aliphatic rings. The number of amides is 1. The van der Waals surface area contributed by atoms with Gasteiger partial charge in [-0.15, -0.1) is 0 Å². The summed E-state index contributed by atoms with van der Waals surface area (Å²) in [6.45, 7) is 8.86. The Hall–Kier alpha value is -1.73. The molecular formula is C16H26N4O3. The molecule has 1 aromatic heterocycles. The van der Waals surface area contributed by atoms with Gasteiger partial charge in [-0.05, 0) is 20.3 Å². The van der Waals surface area contributed by atoms with Crippen molar-refractivity contribution in [2.75, 3.05) is 32.7 Å². The van der Waals surface area contributed by atoms with Gasteiger partial charge in [0.2, 0.25) is 5.91 Å². The standard InChI is InChI=1S/C16H26N4O3/c1-4-13(21)10-19-5-7-20(8-6-19)15(22)9-14-11(2)17-12(3)18-16(14)23/h13,21H,4-10H2,1-3H3,(H,17,18,23)/t13-/m1/s1. The van der Waals surface area contributed by atoms with Crippen molar-refractivity contribution < 1.29 is 9.90 Å². The summed E-state index contributed by atoms with van der Waals surface area (Å²) in [4.78, 5) is 35.2. The number of aromatic amines is 1. The Balaban J connectivity index is 1.92. The highest BCUT2D eigenvalue weighted by molar-refractivity contribution is 5.79. The van der Waals surface area contributed by atoms with E-state index in [1.54, 1.807) is 18.7 Å². The van der Waals surface area contributed by atoms with E-state index in [0.29, 0.717) is 36.7 Å². The Labute approximate surface area is 136 Å². The largest absolute Gasteiger partial charge is 0.392 e. The number of aliphatic hydroxyl groups is 1. The van der Waals surface area contributed by atoms with Gasteiger partial charge < -0.3 is 15.0 Å². The highest BCUT2D eigenvalue weighted by Crippen LogP contribution is 2.08. The van der Waals surface area contributed by atoms with Gasteiger partial charge in [-0.2, -0.15) is 0 Å². The molecule has 0 unspecified atom stereocenters. The molecule has 1 aliphatic heterocycles. The fourth-order valence-corrected chi connectivity index (χ4v) is 2.83. The maximum atomic E-state index is 12.4. The Bertz CT molecular complexity index is 606. The summed E-state index contributed by atoms with van der Waals surface area (Å²) in [7, 11) is 0. The van der Waals surface area contributed by atoms with Crippen LogP contribution in [0.4, 0.5) is 0 Å². The number of hydrogen-bond acceptors (Lipinski definition) is 5. The van der Waals surface area contributed by atoms with Crippen molar-refractivity contribution in [2.24, 2.45) is 0 Å². The Morgan fingerprint density at radius 3 is 2.52 bits per heavy atom. The third kappa shape index (κ3) is 4.62. The fourth-order valence-electron chi connectivity index (χ4n) is 2.83. The van der Waals surface area contributed by atoms with Gasteiger partial charge in [0.05, 0.1) is 12.5 Å². The van der Waals surface area contributed by atoms with Crippen molar-refractivity contribution in [2.45, 2.75) is 39.7 Å². The van der Waals surface area contributed by atoms with Gasteiger partial charge in [-0.1, -0.05) is 6.92 Å². The van der Waals surface area contributed by atoms with Crippen molar-refractivity contribution in [1.29, 1.82) is 0 Å². The number of aliphatic hydroxyl groups excluding tert-OH is 1. The van der Waals surface area contributed by atoms with Crippen LogP contribution in [0.3, 0.4) is 0 Å². The third-order valence-corrected chi connectivity index (χ3v) is 4.33. The monoisotopic (exact) mass is 322 g/mol. The molecule has 0 aliphatic carbocycles. The molecule has 1 aromatic rings. The Morgan fingerprint density at radius 2 is 1.96 bits per heavy atom. The van der Waals surface area contributed by atoms with Gasteiger partial charge >= 0.3 is 0 Å². The quantitative estimate of drug-likeness (QED) is 0.786. The van der Waals surface area contributed by atoms with Crippen LogP contribution < -0.4 is 5.56 Å². The maximum absolute atomic E-state index is 12.4. The van der Waals surface area contributed by atoms with E-state index in [0.717, 1.165) is 19.5 Å². The molecule has 0 spiro atoms. The van der Waals surface area contributed by atoms with Crippen molar-refractivity contribution in [3.05, 3.63) is 27.4 Å². The molecule has 2 rings (SSSR count). The molecule has 1 atom stereocenters. The lowest BCUT2D eigenvalue weighted by atomic mass is 10.1. The minimum atomic E-state index is -0.308. The first-order chi connectivity index (χ1) is 10.9. The smallest absolute Gasteiger partial charge is 0.254 e. The van der Waals surface area contributed by atoms with Gasteiger partial charge in [-0.3, -0.25) is 14.5 Å². The lowest BCUT2D eigenvalue weighted by Crippen LogP contribution is -2.51. The summed E-state index contributed by atoms with van der Waals surface area (Å²) in [6.07, 6.45) is 0.519. The number of carbonyl (C=O) groups excluding carboxylic acids is 1. The van der Waals surface area contributed by atoms with E-state index >= 15 is 0 Å². The molecule has 7 nitrogen and oxygen atoms in total. The lowest BCUT2D eigenvalue weighted by molar-refractivity contribution is -0.132. The number of nitrogens with one attached hydrogen (secondary N) is 1. The molecule has 0 radical (unpaired) electrons. The molecule has 0 aromatic carbocycles. The van der Waals surface area contributed by atoms with E-state index in [9.17, 15) is 14.7 Å². The molecule has 1 saturated heterocycles. The summed E-state index contributed by atoms with van der Waals surface area (Å²) in [5.41, 5.74) is 0.835. The van der Waals surface area contributed by atoms with Crippen LogP contribution in [0.5, 0.6) is 0 Å². The van der Waals surface area contributed by atoms with Crippen molar-refractivity contribution in [1.82, 2.24) is 19.8 Å². The lowest BCUT2D eigenvalue weighted by Gasteiger charge is -2.35. The number of aromatic nitrogens is 2. The highest BCUT2D eigenvalue weighted by Gasteiger charge is 2.23. The number of rotatable bonds is 5. The number of H-pyrrole nitrogens is 1. The van der Waals surface area contributed by atoms with Crippen molar-refractivity contribution >= 4 is 5.91 Å². The minimum Gasteiger partial charge on any atom is -0.392 e. The van der Waals surface area contributed by atoms with Crippen LogP contribution >= 0.6 is 0 Å². The topological polar surface area (TPSA) is 89.5 Å². The van der Waals surface area contributed by atoms with Crippen LogP contribution in [-0.4, -0.2) is 69.6 Å². The van der Waals surface area contributed by atoms with Crippen molar-refractivity contribution in [3.63, 3.8) is 0 Å². The normalized spacial score (nSPS) is 17.3. The molecule has 0 saturated carbocycles. The van der Waals surface area contributed by atoms with Gasteiger partial charge in [-0.25, -0.2) is 4.98 Å². The molecule has 23 heavy (non-hydrogen) atoms. The van der Waals surface area contributed by atoms with E-state index in [1.807, 2.05) is 6.92 Å². The molecule has 128 valence electrons. The summed E-state index contributed by atoms with van der Waals surface area (Å²) in [5.74, 6) is 0.520. The van der Waals surface area contributed by atoms with E-state index in [4.69, 9.17) is 0 Å². The Kier molecular flexibility index (Phi) is 5.90. The first-order valence-electron chi connectivity index (χ1n) is 8.15. The molecule has 1 amide bonds. The zero-order chi connectivity index (χ0) is 17.0. The molecule has 0 bridgehead atoms. The number of β-amino-alcohol motifs (C(OH)–C–C–N with tert-alkyl or cyclic N) is 1. The average Bonchev–Trinajstić information content (AvgIpc) is 2.51. The van der Waals surface area contributed by atoms with E-state index in [2.05, 4.69) is 14.9 Å². The summed E-state index contributed by atoms with van der Waals surface area (Å²) < 4.78 is 0. The second-order valence-electron chi connectivity index (χ2n) is 6.14. The number of carbonyl (C=O) groups is 1. The predicted molar refractivity (Wildman–Crippen MR) is 87.4 cm³/mol. The second-order valence-corrected chi connectivity index (χ2v) is 6.14. The SMILES string of the molecule is CC[C@@H](O)CN1CCN(C(=O)Cc2c(C)nc(C)[nH]c2=O)CC1. The molecule has 2 heterocycles. The van der Waals surface area contributed by atoms with Crippen LogP contribution in [0.15, 0.2) is 4.79 Å². The van der Waals surface area contributed by atoms with Crippen LogP contribution in [0.25, 0.3) is 0 Å². The zero-order valence-electron chi connectivity index (χ0n) is 14.1. The summed E-state index contributed by atoms with van der Waals surface area (Å²) in [5, 5.41) is 9.70. The minimum absolute atomic E-state index is 0.0417. The van der Waals surface area contributed by atoms with Crippen LogP contribution in [0.1, 0.15) is 30.4 Å². The third-order valence-electron chi connectivity index (χ3n) is 4.33. The fraction of sp³-hybridized carbons (Fsp3) is 0.688. The first-order valence-corrected chi connectivity index (χ1v) is 8.15. The van der Waals surface area contributed by atoms with E-state index in [-0.39, 0.29) is 24.0 Å². The van der Waals surface area contributed by atoms with Gasteiger partial charge in [0.15, 0.2) is 0 Å². The second kappa shape index (κ2) is 7.70. The molecule has 1 fully saturated rings. The van der Waals surface area contributed by atoms with E-state index in [1.165, 1.54) is 0 Å². The van der Waals surface area contributed by atoms with Crippen LogP contribution in [0, 0.1) is 13.8 Å². The van der Waals surface area contributed by atoms with E-state index < -0.39 is 0 Å². The van der Waals surface area contributed by atoms with Crippen LogP contribution in [-0.2, 0) is 11.2 Å². The average molecular weight is 322 g/mol. The number of nitrogens with zero attached hydrogens (tertiary/aromatic N) is 3. The first kappa shape index (κ1) is 17.6. The summed E-state index contributed by atoms with van der Waals surface area (Å²) >= 11 is 0. The van der Waals surface area contributed by atoms with Gasteiger partial charge in [0.1, 0.15) is 5.82 Å².